The Hall–Kier alpha value is -3.52. The van der Waals surface area contributed by atoms with Crippen LogP contribution in [0.4, 0.5) is 0 Å². The maximum atomic E-state index is 13.0. The molecule has 1 fully saturated rings. The first-order chi connectivity index (χ1) is 15.5. The van der Waals surface area contributed by atoms with Crippen LogP contribution in [0.2, 0.25) is 0 Å². The summed E-state index contributed by atoms with van der Waals surface area (Å²) in [5.41, 5.74) is 6.60. The van der Waals surface area contributed by atoms with Gasteiger partial charge in [-0.25, -0.2) is 5.43 Å². The van der Waals surface area contributed by atoms with Gasteiger partial charge < -0.3 is 24.7 Å². The highest BCUT2D eigenvalue weighted by molar-refractivity contribution is 5.89. The quantitative estimate of drug-likeness (QED) is 0.693. The Balaban J connectivity index is 1.33. The number of nitrogens with one attached hydrogen (secondary N) is 2. The lowest BCUT2D eigenvalue weighted by Gasteiger charge is -2.31. The summed E-state index contributed by atoms with van der Waals surface area (Å²) in [4.78, 5) is 27.0. The third-order valence-electron chi connectivity index (χ3n) is 5.81. The summed E-state index contributed by atoms with van der Waals surface area (Å²) in [6.07, 6.45) is 4.12. The van der Waals surface area contributed by atoms with Crippen molar-refractivity contribution in [2.24, 2.45) is 0 Å². The predicted molar refractivity (Wildman–Crippen MR) is 120 cm³/mol. The van der Waals surface area contributed by atoms with E-state index in [9.17, 15) is 9.59 Å². The molecule has 2 atom stereocenters. The Bertz CT molecular complexity index is 1020. The molecule has 2 amide bonds. The van der Waals surface area contributed by atoms with Gasteiger partial charge >= 0.3 is 0 Å². The Labute approximate surface area is 187 Å². The number of aryl methyl sites for hydroxylation is 1. The average Bonchev–Trinajstić information content (AvgIpc) is 3.25. The first kappa shape index (κ1) is 21.7. The second-order valence-corrected chi connectivity index (χ2v) is 7.98. The molecule has 8 nitrogen and oxygen atoms in total. The van der Waals surface area contributed by atoms with Crippen molar-refractivity contribution < 1.29 is 19.1 Å². The molecule has 2 N–H and O–H groups in total. The first-order valence-electron chi connectivity index (χ1n) is 10.6. The van der Waals surface area contributed by atoms with Crippen LogP contribution >= 0.6 is 0 Å². The van der Waals surface area contributed by atoms with Gasteiger partial charge in [-0.05, 0) is 36.6 Å². The van der Waals surface area contributed by atoms with Crippen LogP contribution < -0.4 is 20.2 Å². The summed E-state index contributed by atoms with van der Waals surface area (Å²) in [7, 11) is 3.14. The topological polar surface area (TPSA) is 83.1 Å². The van der Waals surface area contributed by atoms with Gasteiger partial charge in [0.15, 0.2) is 11.5 Å². The van der Waals surface area contributed by atoms with Gasteiger partial charge in [0.1, 0.15) is 12.6 Å². The standard InChI is InChI=1S/C24H28N4O4/c1-16-4-7-18(8-5-16)19-13-20-24(30)27(10-11-28(20)26-19)15-23(29)25-14-17-6-9-21(31-2)22(12-17)32-3/h4-12,19-20,26H,13-15H2,1-3H3,(H,25,29). The average molecular weight is 437 g/mol. The Morgan fingerprint density at radius 2 is 1.84 bits per heavy atom. The number of ether oxygens (including phenoxy) is 2. The summed E-state index contributed by atoms with van der Waals surface area (Å²) >= 11 is 0. The van der Waals surface area contributed by atoms with Gasteiger partial charge in [0, 0.05) is 18.9 Å². The molecule has 2 aliphatic heterocycles. The second-order valence-electron chi connectivity index (χ2n) is 7.98. The highest BCUT2D eigenvalue weighted by atomic mass is 16.5. The van der Waals surface area contributed by atoms with E-state index in [-0.39, 0.29) is 30.4 Å². The second kappa shape index (κ2) is 9.32. The number of hydrazine groups is 1. The normalized spacial score (nSPS) is 19.7. The van der Waals surface area contributed by atoms with Crippen molar-refractivity contribution in [1.82, 2.24) is 20.7 Å². The Morgan fingerprint density at radius 3 is 2.56 bits per heavy atom. The smallest absolute Gasteiger partial charge is 0.251 e. The summed E-state index contributed by atoms with van der Waals surface area (Å²) in [5.74, 6) is 0.916. The Morgan fingerprint density at radius 1 is 1.09 bits per heavy atom. The van der Waals surface area contributed by atoms with E-state index >= 15 is 0 Å². The number of amides is 2. The van der Waals surface area contributed by atoms with Gasteiger partial charge in [-0.2, -0.15) is 0 Å². The van der Waals surface area contributed by atoms with E-state index in [1.807, 2.05) is 23.3 Å². The van der Waals surface area contributed by atoms with Crippen LogP contribution in [0.25, 0.3) is 0 Å². The van der Waals surface area contributed by atoms with Gasteiger partial charge in [0.05, 0.1) is 20.3 Å². The van der Waals surface area contributed by atoms with Crippen LogP contribution in [0.1, 0.15) is 29.2 Å². The number of fused-ring (bicyclic) bond motifs is 1. The molecule has 4 rings (SSSR count). The molecular weight excluding hydrogens is 408 g/mol. The fraction of sp³-hybridized carbons (Fsp3) is 0.333. The van der Waals surface area contributed by atoms with Crippen molar-refractivity contribution in [1.29, 1.82) is 0 Å². The highest BCUT2D eigenvalue weighted by Crippen LogP contribution is 2.31. The van der Waals surface area contributed by atoms with E-state index in [0.29, 0.717) is 24.5 Å². The van der Waals surface area contributed by atoms with Gasteiger partial charge in [-0.1, -0.05) is 35.9 Å². The van der Waals surface area contributed by atoms with Gasteiger partial charge in [-0.3, -0.25) is 9.59 Å². The zero-order valence-electron chi connectivity index (χ0n) is 18.5. The number of methoxy groups -OCH3 is 2. The van der Waals surface area contributed by atoms with Gasteiger partial charge in [-0.15, -0.1) is 0 Å². The molecule has 8 heteroatoms. The summed E-state index contributed by atoms with van der Waals surface area (Å²) in [6.45, 7) is 2.36. The van der Waals surface area contributed by atoms with E-state index in [1.165, 1.54) is 10.5 Å². The maximum absolute atomic E-state index is 13.0. The molecule has 0 spiro atoms. The number of rotatable bonds is 7. The van der Waals surface area contributed by atoms with E-state index in [0.717, 1.165) is 11.1 Å². The fourth-order valence-corrected chi connectivity index (χ4v) is 3.99. The monoisotopic (exact) mass is 436 g/mol. The highest BCUT2D eigenvalue weighted by Gasteiger charge is 2.40. The zero-order chi connectivity index (χ0) is 22.7. The molecule has 32 heavy (non-hydrogen) atoms. The maximum Gasteiger partial charge on any atom is 0.251 e. The van der Waals surface area contributed by atoms with Crippen molar-refractivity contribution in [3.8, 4) is 11.5 Å². The molecule has 0 bridgehead atoms. The van der Waals surface area contributed by atoms with E-state index in [4.69, 9.17) is 9.47 Å². The number of hydrogen-bond donors (Lipinski definition) is 2. The Kier molecular flexibility index (Phi) is 6.32. The minimum Gasteiger partial charge on any atom is -0.493 e. The van der Waals surface area contributed by atoms with Crippen molar-refractivity contribution in [3.63, 3.8) is 0 Å². The summed E-state index contributed by atoms with van der Waals surface area (Å²) in [6, 6.07) is 13.5. The van der Waals surface area contributed by atoms with Crippen molar-refractivity contribution in [2.75, 3.05) is 20.8 Å². The van der Waals surface area contributed by atoms with Crippen molar-refractivity contribution in [2.45, 2.75) is 32.0 Å². The molecule has 2 aromatic rings. The molecule has 168 valence electrons. The minimum absolute atomic E-state index is 0.0256. The number of hydrogen-bond acceptors (Lipinski definition) is 6. The number of nitrogens with zero attached hydrogens (tertiary/aromatic N) is 2. The van der Waals surface area contributed by atoms with Crippen LogP contribution in [0.5, 0.6) is 11.5 Å². The molecule has 2 unspecified atom stereocenters. The van der Waals surface area contributed by atoms with Crippen LogP contribution in [0.15, 0.2) is 54.9 Å². The van der Waals surface area contributed by atoms with E-state index in [1.54, 1.807) is 26.5 Å². The van der Waals surface area contributed by atoms with Crippen LogP contribution in [-0.4, -0.2) is 48.5 Å². The molecule has 1 saturated heterocycles. The minimum atomic E-state index is -0.329. The van der Waals surface area contributed by atoms with Gasteiger partial charge in [0.25, 0.3) is 5.91 Å². The molecule has 2 heterocycles. The largest absolute Gasteiger partial charge is 0.493 e. The third-order valence-corrected chi connectivity index (χ3v) is 5.81. The number of benzene rings is 2. The first-order valence-corrected chi connectivity index (χ1v) is 10.6. The predicted octanol–water partition coefficient (Wildman–Crippen LogP) is 2.26. The SMILES string of the molecule is COc1ccc(CNC(=O)CN2C=CN3NC(c4ccc(C)cc4)CC3C2=O)cc1OC. The third kappa shape index (κ3) is 4.55. The van der Waals surface area contributed by atoms with E-state index in [2.05, 4.69) is 41.9 Å². The van der Waals surface area contributed by atoms with Gasteiger partial charge in [0.2, 0.25) is 5.91 Å². The molecule has 0 aliphatic carbocycles. The number of carbonyl (C=O) groups is 2. The summed E-state index contributed by atoms with van der Waals surface area (Å²) in [5, 5.41) is 4.70. The fourth-order valence-electron chi connectivity index (χ4n) is 3.99. The molecule has 0 radical (unpaired) electrons. The lowest BCUT2D eigenvalue weighted by molar-refractivity contribution is -0.138. The van der Waals surface area contributed by atoms with Crippen molar-refractivity contribution in [3.05, 3.63) is 71.6 Å². The van der Waals surface area contributed by atoms with Crippen LogP contribution in [-0.2, 0) is 16.1 Å². The lowest BCUT2D eigenvalue weighted by atomic mass is 10.00. The van der Waals surface area contributed by atoms with Crippen LogP contribution in [0.3, 0.4) is 0 Å². The van der Waals surface area contributed by atoms with Crippen LogP contribution in [0, 0.1) is 6.92 Å². The van der Waals surface area contributed by atoms with Crippen molar-refractivity contribution >= 4 is 11.8 Å². The number of carbonyl (C=O) groups excluding carboxylic acids is 2. The summed E-state index contributed by atoms with van der Waals surface area (Å²) < 4.78 is 10.5. The molecular formula is C24H28N4O4. The molecule has 2 aromatic carbocycles. The lowest BCUT2D eigenvalue weighted by Crippen LogP contribution is -2.50. The zero-order valence-corrected chi connectivity index (χ0v) is 18.5. The molecule has 0 saturated carbocycles. The van der Waals surface area contributed by atoms with E-state index < -0.39 is 0 Å². The molecule has 0 aromatic heterocycles. The molecule has 2 aliphatic rings.